The van der Waals surface area contributed by atoms with E-state index in [9.17, 15) is 13.3 Å². The molecule has 100 valence electrons. The molecule has 4 nitrogen and oxygen atoms in total. The maximum atomic E-state index is 12.0. The molecule has 0 aliphatic rings. The van der Waals surface area contributed by atoms with Crippen LogP contribution in [0.2, 0.25) is 0 Å². The van der Waals surface area contributed by atoms with Crippen molar-refractivity contribution < 1.29 is 22.4 Å². The molecule has 0 unspecified atom stereocenters. The Kier molecular flexibility index (Phi) is 10.3. The zero-order chi connectivity index (χ0) is 13.4. The summed E-state index contributed by atoms with van der Waals surface area (Å²) in [5.74, 6) is 0. The van der Waals surface area contributed by atoms with E-state index in [1.807, 2.05) is 6.92 Å². The minimum Gasteiger partial charge on any atom is -0.322 e. The molecule has 0 rings (SSSR count). The molecule has 8 heteroatoms. The smallest absolute Gasteiger partial charge is 0.322 e. The average molecular weight is 294 g/mol. The van der Waals surface area contributed by atoms with Crippen LogP contribution in [-0.2, 0) is 18.2 Å². The zero-order valence-corrected chi connectivity index (χ0v) is 13.2. The van der Waals surface area contributed by atoms with Crippen LogP contribution in [0, 0.1) is 0 Å². The molecule has 0 fully saturated rings. The van der Waals surface area contributed by atoms with Gasteiger partial charge >= 0.3 is 7.68 Å². The van der Waals surface area contributed by atoms with Crippen LogP contribution in [0.3, 0.4) is 0 Å². The van der Waals surface area contributed by atoms with E-state index in [1.54, 1.807) is 26.8 Å². The first kappa shape index (κ1) is 19.0. The van der Waals surface area contributed by atoms with Crippen molar-refractivity contribution in [3.8, 4) is 0 Å². The summed E-state index contributed by atoms with van der Waals surface area (Å²) in [4.78, 5) is 0. The third kappa shape index (κ3) is 17.1. The van der Waals surface area contributed by atoms with E-state index >= 15 is 0 Å². The highest BCUT2D eigenvalue weighted by atomic mass is 32.7. The van der Waals surface area contributed by atoms with E-state index in [0.29, 0.717) is 6.61 Å². The van der Waals surface area contributed by atoms with Crippen molar-refractivity contribution in [3.63, 3.8) is 0 Å². The highest BCUT2D eigenvalue weighted by Gasteiger charge is 2.14. The van der Waals surface area contributed by atoms with Crippen molar-refractivity contribution in [2.75, 3.05) is 26.2 Å². The summed E-state index contributed by atoms with van der Waals surface area (Å²) in [6.45, 7) is 5.97. The largest absolute Gasteiger partial charge is 0.364 e. The van der Waals surface area contributed by atoms with Crippen LogP contribution in [0.4, 0.5) is 4.20 Å². The van der Waals surface area contributed by atoms with Gasteiger partial charge in [-0.25, -0.2) is 0 Å². The zero-order valence-electron chi connectivity index (χ0n) is 10.6. The summed E-state index contributed by atoms with van der Waals surface area (Å²) in [5.41, 5.74) is 0. The Morgan fingerprint density at radius 3 is 1.81 bits per heavy atom. The normalized spacial score (nSPS) is 18.2. The van der Waals surface area contributed by atoms with Crippen molar-refractivity contribution >= 4 is 25.6 Å². The van der Waals surface area contributed by atoms with Crippen LogP contribution in [0.5, 0.6) is 0 Å². The molecule has 0 spiro atoms. The van der Waals surface area contributed by atoms with Gasteiger partial charge in [-0.1, -0.05) is 11.4 Å². The Balaban J connectivity index is 0. The van der Waals surface area contributed by atoms with Gasteiger partial charge in [0.1, 0.15) is 0 Å². The quantitative estimate of drug-likeness (QED) is 0.703. The molecular formula is C8H21FO4P2S. The number of hydrogen-bond acceptors (Lipinski definition) is 5. The maximum absolute atomic E-state index is 12.0. The second kappa shape index (κ2) is 8.71. The molecule has 0 N–H and O–H groups in total. The van der Waals surface area contributed by atoms with Gasteiger partial charge in [0.2, 0.25) is 0 Å². The van der Waals surface area contributed by atoms with Gasteiger partial charge in [-0.2, -0.15) is 4.20 Å². The molecular weight excluding hydrogens is 273 g/mol. The Morgan fingerprint density at radius 2 is 1.75 bits per heavy atom. The third-order valence-electron chi connectivity index (χ3n) is 1.09. The summed E-state index contributed by atoms with van der Waals surface area (Å²) < 4.78 is 42.3. The summed E-state index contributed by atoms with van der Waals surface area (Å²) in [6.07, 6.45) is 1.49. The van der Waals surface area contributed by atoms with Crippen molar-refractivity contribution in [1.82, 2.24) is 0 Å². The fourth-order valence-corrected chi connectivity index (χ4v) is 2.62. The van der Waals surface area contributed by atoms with Gasteiger partial charge in [0.15, 0.2) is 0 Å². The number of hydrogen-bond donors (Lipinski definition) is 0. The monoisotopic (exact) mass is 294 g/mol. The third-order valence-corrected chi connectivity index (χ3v) is 5.59. The molecule has 0 aliphatic carbocycles. The van der Waals surface area contributed by atoms with Gasteiger partial charge in [0.05, 0.1) is 12.7 Å². The Morgan fingerprint density at radius 1 is 1.31 bits per heavy atom. The van der Waals surface area contributed by atoms with Crippen LogP contribution in [0.25, 0.3) is 0 Å². The molecule has 0 aromatic heterocycles. The van der Waals surface area contributed by atoms with E-state index in [2.05, 4.69) is 4.52 Å². The molecule has 0 aliphatic heterocycles. The van der Waals surface area contributed by atoms with Crippen LogP contribution >= 0.6 is 25.6 Å². The number of rotatable bonds is 5. The first-order valence-corrected chi connectivity index (χ1v) is 10.6. The highest BCUT2D eigenvalue weighted by Crippen LogP contribution is 2.54. The minimum absolute atomic E-state index is 0.296. The molecule has 0 radical (unpaired) electrons. The molecule has 2 atom stereocenters. The van der Waals surface area contributed by atoms with Crippen LogP contribution < -0.4 is 0 Å². The summed E-state index contributed by atoms with van der Waals surface area (Å²) >= 11 is 1.28. The van der Waals surface area contributed by atoms with Gasteiger partial charge in [-0.15, -0.1) is 0 Å². The SMILES string of the molecule is CC(C)O[P@](C)(=O)F.CCO[P@](C)(=O)SC. The van der Waals surface area contributed by atoms with E-state index in [4.69, 9.17) is 4.52 Å². The van der Waals surface area contributed by atoms with Crippen molar-refractivity contribution in [2.45, 2.75) is 26.9 Å². The summed E-state index contributed by atoms with van der Waals surface area (Å²) in [5, 5.41) is 0. The Labute approximate surface area is 101 Å². The van der Waals surface area contributed by atoms with Crippen molar-refractivity contribution in [3.05, 3.63) is 0 Å². The van der Waals surface area contributed by atoms with E-state index < -0.39 is 14.3 Å². The fourth-order valence-electron chi connectivity index (χ4n) is 0.664. The van der Waals surface area contributed by atoms with Crippen LogP contribution in [0.1, 0.15) is 20.8 Å². The van der Waals surface area contributed by atoms with E-state index in [-0.39, 0.29) is 6.10 Å². The van der Waals surface area contributed by atoms with Crippen LogP contribution in [0.15, 0.2) is 0 Å². The standard InChI is InChI=1S/C4H10FO2P.C4H11O2PS/c1-4(2)7-8(3,5)6;1-4-6-7(2,5)8-3/h4H,1-3H3;4H2,1-3H3/t8-;7-/m00/s1. The summed E-state index contributed by atoms with van der Waals surface area (Å²) in [6, 6.07) is 0. The molecule has 0 bridgehead atoms. The van der Waals surface area contributed by atoms with Gasteiger partial charge in [0.25, 0.3) is 6.57 Å². The predicted octanol–water partition coefficient (Wildman–Crippen LogP) is 4.41. The minimum atomic E-state index is -3.72. The van der Waals surface area contributed by atoms with Gasteiger partial charge in [-0.3, -0.25) is 9.13 Å². The lowest BCUT2D eigenvalue weighted by molar-refractivity contribution is 0.227. The average Bonchev–Trinajstić information content (AvgIpc) is 2.00. The van der Waals surface area contributed by atoms with Gasteiger partial charge < -0.3 is 9.05 Å². The lowest BCUT2D eigenvalue weighted by Crippen LogP contribution is -1.96. The maximum Gasteiger partial charge on any atom is 0.364 e. The molecule has 0 aromatic carbocycles. The first-order chi connectivity index (χ1) is 7.04. The Hall–Kier alpha value is 0.660. The first-order valence-electron chi connectivity index (χ1n) is 4.77. The predicted molar refractivity (Wildman–Crippen MR) is 69.5 cm³/mol. The number of halogens is 1. The summed E-state index contributed by atoms with van der Waals surface area (Å²) in [7, 11) is -3.72. The molecule has 0 saturated carbocycles. The Bertz CT molecular complexity index is 267. The van der Waals surface area contributed by atoms with Crippen LogP contribution in [-0.4, -0.2) is 32.3 Å². The van der Waals surface area contributed by atoms with Gasteiger partial charge in [-0.05, 0) is 27.0 Å². The molecule has 0 amide bonds. The van der Waals surface area contributed by atoms with Gasteiger partial charge in [0, 0.05) is 13.3 Å². The van der Waals surface area contributed by atoms with E-state index in [0.717, 1.165) is 6.66 Å². The fraction of sp³-hybridized carbons (Fsp3) is 1.00. The molecule has 0 saturated heterocycles. The van der Waals surface area contributed by atoms with Crippen molar-refractivity contribution in [2.24, 2.45) is 0 Å². The second-order valence-corrected chi connectivity index (χ2v) is 10.2. The molecule has 0 heterocycles. The lowest BCUT2D eigenvalue weighted by atomic mass is 10.5. The lowest BCUT2D eigenvalue weighted by Gasteiger charge is -2.06. The van der Waals surface area contributed by atoms with Crippen molar-refractivity contribution in [1.29, 1.82) is 0 Å². The molecule has 16 heavy (non-hydrogen) atoms. The molecule has 0 aromatic rings. The second-order valence-electron chi connectivity index (χ2n) is 3.27. The van der Waals surface area contributed by atoms with E-state index in [1.165, 1.54) is 11.4 Å². The topological polar surface area (TPSA) is 52.6 Å². The highest BCUT2D eigenvalue weighted by molar-refractivity contribution is 8.56.